The minimum Gasteiger partial charge on any atom is -0.442 e. The highest BCUT2D eigenvalue weighted by molar-refractivity contribution is 5.90. The van der Waals surface area contributed by atoms with E-state index in [1.165, 1.54) is 4.90 Å². The molecule has 3 heterocycles. The van der Waals surface area contributed by atoms with Gasteiger partial charge < -0.3 is 19.9 Å². The third-order valence-electron chi connectivity index (χ3n) is 6.37. The van der Waals surface area contributed by atoms with E-state index in [0.29, 0.717) is 13.1 Å². The van der Waals surface area contributed by atoms with Gasteiger partial charge in [0.05, 0.1) is 31.9 Å². The van der Waals surface area contributed by atoms with Gasteiger partial charge in [0, 0.05) is 51.4 Å². The molecule has 2 N–H and O–H groups in total. The Bertz CT molecular complexity index is 1020. The first-order valence-corrected chi connectivity index (χ1v) is 12.0. The smallest absolute Gasteiger partial charge is 0.414 e. The molecule has 0 aromatic heterocycles. The molecule has 4 rings (SSSR count). The maximum Gasteiger partial charge on any atom is 0.414 e. The van der Waals surface area contributed by atoms with Crippen LogP contribution in [0.5, 0.6) is 0 Å². The van der Waals surface area contributed by atoms with E-state index in [0.717, 1.165) is 35.2 Å². The normalized spacial score (nSPS) is 21.5. The van der Waals surface area contributed by atoms with Crippen molar-refractivity contribution in [1.82, 2.24) is 25.7 Å². The zero-order valence-electron chi connectivity index (χ0n) is 20.7. The lowest BCUT2D eigenvalue weighted by Crippen LogP contribution is -2.55. The number of nitrogens with zero attached hydrogens (tertiary/aromatic N) is 5. The molecular weight excluding hydrogens is 518 g/mol. The van der Waals surface area contributed by atoms with Gasteiger partial charge in [0.15, 0.2) is 11.6 Å². The summed E-state index contributed by atoms with van der Waals surface area (Å²) >= 11 is 0. The average Bonchev–Trinajstić information content (AvgIpc) is 3.07. The number of urea groups is 1. The predicted octanol–water partition coefficient (Wildman–Crippen LogP) is 0.597. The van der Waals surface area contributed by atoms with Crippen molar-refractivity contribution in [3.8, 4) is 0 Å². The molecular formula is C22H29F4N7O5. The second-order valence-electron chi connectivity index (χ2n) is 9.05. The number of nitrogens with one attached hydrogen (secondary N) is 2. The molecule has 1 unspecified atom stereocenters. The van der Waals surface area contributed by atoms with E-state index in [1.54, 1.807) is 5.01 Å². The van der Waals surface area contributed by atoms with Gasteiger partial charge >= 0.3 is 18.5 Å². The first-order valence-electron chi connectivity index (χ1n) is 12.0. The lowest BCUT2D eigenvalue weighted by Gasteiger charge is -2.33. The lowest BCUT2D eigenvalue weighted by molar-refractivity contribution is -0.132. The number of alkyl halides is 2. The number of amides is 4. The Hall–Kier alpha value is -3.37. The maximum absolute atomic E-state index is 15.1. The average molecular weight is 548 g/mol. The number of ether oxygens (including phenoxy) is 1. The number of piperazine rings is 1. The fraction of sp³-hybridized carbons (Fsp3) is 0.591. The van der Waals surface area contributed by atoms with E-state index in [9.17, 15) is 23.2 Å². The second-order valence-corrected chi connectivity index (χ2v) is 9.05. The SMILES string of the molecule is CN1CCN(NC(=O)N2CCN(c3c(F)cc(N4CC(CNC(=O)C(F)F)OC4=O)cc3F)CCO2)CC1. The molecule has 12 nitrogen and oxygen atoms in total. The molecule has 1 atom stereocenters. The third kappa shape index (κ3) is 6.54. The number of hydroxylamine groups is 2. The number of benzene rings is 1. The van der Waals surface area contributed by atoms with Crippen LogP contribution in [0.3, 0.4) is 0 Å². The standard InChI is InChI=1S/C22H29F4N7O5/c1-29-2-5-31(6-3-29)28-21(35)33-7-4-30(8-9-37-33)18-16(23)10-14(11-17(18)24)32-13-15(38-22(32)36)12-27-20(34)19(25)26/h10-11,15,19H,2-9,12-13H2,1H3,(H,27,34)(H,28,35). The number of carbonyl (C=O) groups excluding carboxylic acids is 3. The van der Waals surface area contributed by atoms with Crippen molar-refractivity contribution in [3.63, 3.8) is 0 Å². The number of anilines is 2. The number of likely N-dealkylation sites (N-methyl/N-ethyl adjacent to an activating group) is 1. The third-order valence-corrected chi connectivity index (χ3v) is 6.37. The quantitative estimate of drug-likeness (QED) is 0.499. The first kappa shape index (κ1) is 27.7. The molecule has 0 spiro atoms. The summed E-state index contributed by atoms with van der Waals surface area (Å²) in [5.74, 6) is -3.41. The van der Waals surface area contributed by atoms with Gasteiger partial charge in [-0.15, -0.1) is 0 Å². The molecule has 4 amide bonds. The minimum atomic E-state index is -3.22. The minimum absolute atomic E-state index is 0.00125. The first-order chi connectivity index (χ1) is 18.1. The topological polar surface area (TPSA) is 110 Å². The molecule has 38 heavy (non-hydrogen) atoms. The van der Waals surface area contributed by atoms with Crippen LogP contribution in [-0.4, -0.2) is 118 Å². The molecule has 3 fully saturated rings. The highest BCUT2D eigenvalue weighted by Crippen LogP contribution is 2.31. The summed E-state index contributed by atoms with van der Waals surface area (Å²) in [6, 6.07) is 1.45. The van der Waals surface area contributed by atoms with E-state index >= 15 is 8.78 Å². The van der Waals surface area contributed by atoms with E-state index in [-0.39, 0.29) is 50.7 Å². The van der Waals surface area contributed by atoms with Gasteiger partial charge in [0.1, 0.15) is 11.8 Å². The molecule has 3 saturated heterocycles. The van der Waals surface area contributed by atoms with E-state index in [4.69, 9.17) is 9.57 Å². The van der Waals surface area contributed by atoms with Crippen LogP contribution in [0.2, 0.25) is 0 Å². The highest BCUT2D eigenvalue weighted by Gasteiger charge is 2.35. The summed E-state index contributed by atoms with van der Waals surface area (Å²) in [5, 5.41) is 4.84. The Balaban J connectivity index is 1.36. The van der Waals surface area contributed by atoms with E-state index in [1.807, 2.05) is 12.4 Å². The van der Waals surface area contributed by atoms with Crippen molar-refractivity contribution in [2.45, 2.75) is 12.5 Å². The van der Waals surface area contributed by atoms with Crippen LogP contribution in [0.4, 0.5) is 38.5 Å². The number of hydrazine groups is 1. The Labute approximate surface area is 215 Å². The van der Waals surface area contributed by atoms with Crippen LogP contribution in [0, 0.1) is 11.6 Å². The van der Waals surface area contributed by atoms with Crippen molar-refractivity contribution < 1.29 is 41.5 Å². The summed E-state index contributed by atoms with van der Waals surface area (Å²) < 4.78 is 59.9. The summed E-state index contributed by atoms with van der Waals surface area (Å²) in [6.45, 7) is 2.57. The fourth-order valence-corrected chi connectivity index (χ4v) is 4.28. The molecule has 210 valence electrons. The maximum atomic E-state index is 15.1. The number of hydrogen-bond acceptors (Lipinski definition) is 8. The van der Waals surface area contributed by atoms with Gasteiger partial charge in [-0.25, -0.2) is 28.4 Å². The number of cyclic esters (lactones) is 1. The van der Waals surface area contributed by atoms with Crippen LogP contribution in [0.25, 0.3) is 0 Å². The van der Waals surface area contributed by atoms with Crippen LogP contribution in [0.1, 0.15) is 0 Å². The van der Waals surface area contributed by atoms with Crippen LogP contribution in [-0.2, 0) is 14.4 Å². The van der Waals surface area contributed by atoms with Crippen LogP contribution in [0.15, 0.2) is 12.1 Å². The molecule has 1 aromatic carbocycles. The molecule has 3 aliphatic heterocycles. The largest absolute Gasteiger partial charge is 0.442 e. The molecule has 16 heteroatoms. The molecule has 1 aromatic rings. The Morgan fingerprint density at radius 1 is 1.05 bits per heavy atom. The Morgan fingerprint density at radius 2 is 1.74 bits per heavy atom. The molecule has 0 aliphatic carbocycles. The molecule has 0 bridgehead atoms. The number of halogens is 4. The van der Waals surface area contributed by atoms with Gasteiger partial charge in [0.2, 0.25) is 0 Å². The van der Waals surface area contributed by atoms with Crippen LogP contribution >= 0.6 is 0 Å². The molecule has 0 radical (unpaired) electrons. The number of rotatable bonds is 6. The van der Waals surface area contributed by atoms with Gasteiger partial charge in [0.25, 0.3) is 5.91 Å². The predicted molar refractivity (Wildman–Crippen MR) is 125 cm³/mol. The molecule has 3 aliphatic rings. The summed E-state index contributed by atoms with van der Waals surface area (Å²) in [7, 11) is 1.99. The van der Waals surface area contributed by atoms with Crippen molar-refractivity contribution in [2.24, 2.45) is 0 Å². The van der Waals surface area contributed by atoms with Gasteiger partial charge in [-0.3, -0.25) is 20.0 Å². The van der Waals surface area contributed by atoms with Gasteiger partial charge in [-0.2, -0.15) is 8.78 Å². The van der Waals surface area contributed by atoms with Crippen LogP contribution < -0.4 is 20.5 Å². The highest BCUT2D eigenvalue weighted by atomic mass is 19.3. The summed E-state index contributed by atoms with van der Waals surface area (Å²) in [4.78, 5) is 45.8. The summed E-state index contributed by atoms with van der Waals surface area (Å²) in [6.07, 6.45) is -5.12. The second kappa shape index (κ2) is 12.0. The van der Waals surface area contributed by atoms with E-state index in [2.05, 4.69) is 10.3 Å². The molecule has 0 saturated carbocycles. The number of hydrogen-bond donors (Lipinski definition) is 2. The Kier molecular flexibility index (Phi) is 8.73. The monoisotopic (exact) mass is 547 g/mol. The fourth-order valence-electron chi connectivity index (χ4n) is 4.28. The van der Waals surface area contributed by atoms with Crippen molar-refractivity contribution in [1.29, 1.82) is 0 Å². The van der Waals surface area contributed by atoms with Crippen molar-refractivity contribution in [2.75, 3.05) is 82.4 Å². The van der Waals surface area contributed by atoms with Gasteiger partial charge in [-0.1, -0.05) is 0 Å². The number of carbonyl (C=O) groups is 3. The summed E-state index contributed by atoms with van der Waals surface area (Å²) in [5.41, 5.74) is 2.30. The Morgan fingerprint density at radius 3 is 2.39 bits per heavy atom. The van der Waals surface area contributed by atoms with E-state index < -0.39 is 42.2 Å². The van der Waals surface area contributed by atoms with Crippen molar-refractivity contribution >= 4 is 29.4 Å². The van der Waals surface area contributed by atoms with Gasteiger partial charge in [-0.05, 0) is 7.05 Å². The zero-order chi connectivity index (χ0) is 27.4. The zero-order valence-corrected chi connectivity index (χ0v) is 20.7. The van der Waals surface area contributed by atoms with Crippen molar-refractivity contribution in [3.05, 3.63) is 23.8 Å². The lowest BCUT2D eigenvalue weighted by atomic mass is 10.2.